The van der Waals surface area contributed by atoms with Gasteiger partial charge in [-0.2, -0.15) is 5.10 Å². The van der Waals surface area contributed by atoms with Gasteiger partial charge in [-0.15, -0.1) is 0 Å². The first kappa shape index (κ1) is 16.6. The average Bonchev–Trinajstić information content (AvgIpc) is 2.57. The predicted octanol–water partition coefficient (Wildman–Crippen LogP) is 1.35. The first-order chi connectivity index (χ1) is 11.9. The van der Waals surface area contributed by atoms with Gasteiger partial charge >= 0.3 is 0 Å². The zero-order valence-electron chi connectivity index (χ0n) is 14.2. The van der Waals surface area contributed by atoms with Crippen molar-refractivity contribution in [2.24, 2.45) is 7.05 Å². The molecule has 0 unspecified atom stereocenters. The zero-order valence-corrected chi connectivity index (χ0v) is 14.2. The highest BCUT2D eigenvalue weighted by Crippen LogP contribution is 2.11. The third kappa shape index (κ3) is 3.21. The van der Waals surface area contributed by atoms with Crippen LogP contribution in [0, 0.1) is 13.8 Å². The Morgan fingerprint density at radius 2 is 1.80 bits per heavy atom. The maximum Gasteiger partial charge on any atom is 0.275 e. The molecular formula is C18H18N4O3. The number of nitrogens with one attached hydrogen (secondary N) is 1. The third-order valence-electron chi connectivity index (χ3n) is 3.94. The lowest BCUT2D eigenvalue weighted by Crippen LogP contribution is -2.32. The molecule has 0 atom stereocenters. The van der Waals surface area contributed by atoms with E-state index in [4.69, 9.17) is 0 Å². The van der Waals surface area contributed by atoms with E-state index < -0.39 is 5.91 Å². The largest absolute Gasteiger partial charge is 0.320 e. The van der Waals surface area contributed by atoms with Gasteiger partial charge in [-0.3, -0.25) is 14.4 Å². The summed E-state index contributed by atoms with van der Waals surface area (Å²) in [7, 11) is 1.61. The number of carbonyl (C=O) groups excluding carboxylic acids is 1. The number of hydrogen-bond acceptors (Lipinski definition) is 4. The molecule has 0 spiro atoms. The normalized spacial score (nSPS) is 10.8. The number of nitrogens with zero attached hydrogens (tertiary/aromatic N) is 3. The summed E-state index contributed by atoms with van der Waals surface area (Å²) in [5.74, 6) is -0.480. The Morgan fingerprint density at radius 3 is 2.52 bits per heavy atom. The fourth-order valence-electron chi connectivity index (χ4n) is 2.81. The van der Waals surface area contributed by atoms with Gasteiger partial charge in [-0.25, -0.2) is 4.68 Å². The summed E-state index contributed by atoms with van der Waals surface area (Å²) in [6.07, 6.45) is 1.68. The van der Waals surface area contributed by atoms with Crippen molar-refractivity contribution >= 4 is 22.4 Å². The Labute approximate surface area is 143 Å². The van der Waals surface area contributed by atoms with Crippen LogP contribution in [0.4, 0.5) is 5.69 Å². The van der Waals surface area contributed by atoms with Gasteiger partial charge in [0.2, 0.25) is 5.91 Å². The molecule has 0 fully saturated rings. The van der Waals surface area contributed by atoms with E-state index in [1.807, 2.05) is 19.1 Å². The van der Waals surface area contributed by atoms with Gasteiger partial charge < -0.3 is 9.88 Å². The monoisotopic (exact) mass is 338 g/mol. The van der Waals surface area contributed by atoms with Crippen LogP contribution in [0.2, 0.25) is 0 Å². The first-order valence-corrected chi connectivity index (χ1v) is 7.80. The van der Waals surface area contributed by atoms with Crippen LogP contribution in [0.15, 0.2) is 46.1 Å². The molecule has 128 valence electrons. The molecule has 0 saturated heterocycles. The summed E-state index contributed by atoms with van der Waals surface area (Å²) >= 11 is 0. The van der Waals surface area contributed by atoms with Gasteiger partial charge in [0.25, 0.3) is 11.1 Å². The van der Waals surface area contributed by atoms with E-state index in [0.29, 0.717) is 11.1 Å². The molecule has 1 N–H and O–H groups in total. The second kappa shape index (κ2) is 6.35. The van der Waals surface area contributed by atoms with Crippen molar-refractivity contribution in [2.45, 2.75) is 20.4 Å². The lowest BCUT2D eigenvalue weighted by atomic mass is 10.1. The smallest absolute Gasteiger partial charge is 0.275 e. The van der Waals surface area contributed by atoms with Gasteiger partial charge in [0.1, 0.15) is 12.2 Å². The number of amides is 1. The van der Waals surface area contributed by atoms with Crippen LogP contribution in [-0.2, 0) is 18.4 Å². The third-order valence-corrected chi connectivity index (χ3v) is 3.94. The highest BCUT2D eigenvalue weighted by Gasteiger charge is 2.12. The summed E-state index contributed by atoms with van der Waals surface area (Å²) in [5, 5.41) is 8.03. The Bertz CT molecular complexity index is 1100. The minimum atomic E-state index is -0.480. The van der Waals surface area contributed by atoms with Gasteiger partial charge in [-0.05, 0) is 31.5 Å². The molecule has 2 heterocycles. The van der Waals surface area contributed by atoms with Crippen LogP contribution in [0.1, 0.15) is 11.3 Å². The molecule has 0 aliphatic heterocycles. The molecule has 3 aromatic rings. The van der Waals surface area contributed by atoms with Crippen molar-refractivity contribution < 1.29 is 4.79 Å². The van der Waals surface area contributed by atoms with Crippen molar-refractivity contribution in [1.29, 1.82) is 0 Å². The molecule has 2 aromatic heterocycles. The summed E-state index contributed by atoms with van der Waals surface area (Å²) in [6.45, 7) is 3.35. The van der Waals surface area contributed by atoms with Crippen LogP contribution in [0.5, 0.6) is 0 Å². The molecule has 0 aliphatic rings. The van der Waals surface area contributed by atoms with Crippen LogP contribution >= 0.6 is 0 Å². The highest BCUT2D eigenvalue weighted by atomic mass is 16.2. The van der Waals surface area contributed by atoms with Crippen molar-refractivity contribution in [3.05, 3.63) is 68.5 Å². The lowest BCUT2D eigenvalue weighted by Gasteiger charge is -2.10. The van der Waals surface area contributed by atoms with E-state index in [1.54, 1.807) is 38.4 Å². The zero-order chi connectivity index (χ0) is 18.1. The molecule has 3 rings (SSSR count). The summed E-state index contributed by atoms with van der Waals surface area (Å²) in [4.78, 5) is 36.9. The molecule has 0 bridgehead atoms. The summed E-state index contributed by atoms with van der Waals surface area (Å²) in [5.41, 5.74) is 1.03. The molecule has 1 amide bonds. The number of hydrogen-bond donors (Lipinski definition) is 1. The standard InChI is InChI=1S/C18H18N4O3/c1-11-8-15(18(25)21(3)9-11)19-16(23)10-22-17(24)14-7-5-4-6-13(14)12(2)20-22/h4-9H,10H2,1-3H3,(H,19,23). The maximum atomic E-state index is 12.5. The molecule has 7 heteroatoms. The van der Waals surface area contributed by atoms with Gasteiger partial charge in [0, 0.05) is 18.6 Å². The van der Waals surface area contributed by atoms with E-state index >= 15 is 0 Å². The SMILES string of the molecule is Cc1cc(NC(=O)Cn2nc(C)c3ccccc3c2=O)c(=O)n(C)c1. The Morgan fingerprint density at radius 1 is 1.12 bits per heavy atom. The Balaban J connectivity index is 1.92. The molecular weight excluding hydrogens is 320 g/mol. The van der Waals surface area contributed by atoms with Crippen molar-refractivity contribution in [3.63, 3.8) is 0 Å². The van der Waals surface area contributed by atoms with Crippen molar-refractivity contribution in [1.82, 2.24) is 14.3 Å². The van der Waals surface area contributed by atoms with Gasteiger partial charge in [0.15, 0.2) is 0 Å². The fraction of sp³-hybridized carbons (Fsp3) is 0.222. The van der Waals surface area contributed by atoms with Crippen LogP contribution in [0.25, 0.3) is 10.8 Å². The van der Waals surface area contributed by atoms with Crippen LogP contribution in [-0.4, -0.2) is 20.3 Å². The topological polar surface area (TPSA) is 86.0 Å². The fourth-order valence-corrected chi connectivity index (χ4v) is 2.81. The Hall–Kier alpha value is -3.22. The number of pyridine rings is 1. The van der Waals surface area contributed by atoms with E-state index in [1.165, 1.54) is 4.57 Å². The van der Waals surface area contributed by atoms with Crippen LogP contribution in [0.3, 0.4) is 0 Å². The van der Waals surface area contributed by atoms with Gasteiger partial charge in [-0.1, -0.05) is 18.2 Å². The quantitative estimate of drug-likeness (QED) is 0.781. The molecule has 0 saturated carbocycles. The molecule has 7 nitrogen and oxygen atoms in total. The van der Waals surface area contributed by atoms with E-state index in [2.05, 4.69) is 10.4 Å². The first-order valence-electron chi connectivity index (χ1n) is 7.80. The molecule has 25 heavy (non-hydrogen) atoms. The highest BCUT2D eigenvalue weighted by molar-refractivity contribution is 5.90. The van der Waals surface area contributed by atoms with Crippen LogP contribution < -0.4 is 16.4 Å². The number of aromatic nitrogens is 3. The number of rotatable bonds is 3. The summed E-state index contributed by atoms with van der Waals surface area (Å²) < 4.78 is 2.52. The van der Waals surface area contributed by atoms with Gasteiger partial charge in [0.05, 0.1) is 11.1 Å². The number of carbonyl (C=O) groups is 1. The second-order valence-electron chi connectivity index (χ2n) is 5.99. The average molecular weight is 338 g/mol. The molecule has 0 radical (unpaired) electrons. The minimum absolute atomic E-state index is 0.179. The predicted molar refractivity (Wildman–Crippen MR) is 95.8 cm³/mol. The number of fused-ring (bicyclic) bond motifs is 1. The maximum absolute atomic E-state index is 12.5. The van der Waals surface area contributed by atoms with Crippen molar-refractivity contribution in [3.8, 4) is 0 Å². The minimum Gasteiger partial charge on any atom is -0.320 e. The van der Waals surface area contributed by atoms with E-state index in [-0.39, 0.29) is 23.4 Å². The number of benzene rings is 1. The Kier molecular flexibility index (Phi) is 4.22. The number of anilines is 1. The van der Waals surface area contributed by atoms with Crippen molar-refractivity contribution in [2.75, 3.05) is 5.32 Å². The molecule has 1 aromatic carbocycles. The van der Waals surface area contributed by atoms with E-state index in [9.17, 15) is 14.4 Å². The second-order valence-corrected chi connectivity index (χ2v) is 5.99. The molecule has 0 aliphatic carbocycles. The lowest BCUT2D eigenvalue weighted by molar-refractivity contribution is -0.117. The van der Waals surface area contributed by atoms with E-state index in [0.717, 1.165) is 15.6 Å². The number of aryl methyl sites for hydroxylation is 3. The summed E-state index contributed by atoms with van der Waals surface area (Å²) in [6, 6.07) is 8.73.